The zero-order chi connectivity index (χ0) is 21.9. The van der Waals surface area contributed by atoms with Gasteiger partial charge in [0.1, 0.15) is 0 Å². The molecule has 1 aromatic heterocycles. The van der Waals surface area contributed by atoms with Gasteiger partial charge in [-0.15, -0.1) is 11.3 Å². The number of carbonyl (C=O) groups is 2. The van der Waals surface area contributed by atoms with E-state index in [2.05, 4.69) is 5.32 Å². The maximum Gasteiger partial charge on any atom is 0.471 e. The van der Waals surface area contributed by atoms with Crippen LogP contribution in [-0.4, -0.2) is 24.0 Å². The molecule has 8 heteroatoms. The van der Waals surface area contributed by atoms with Gasteiger partial charge in [-0.25, -0.2) is 0 Å². The number of amides is 2. The number of aryl methyl sites for hydroxylation is 2. The molecule has 1 fully saturated rings. The number of anilines is 1. The molecule has 1 atom stereocenters. The lowest BCUT2D eigenvalue weighted by molar-refractivity contribution is -0.171. The number of carbonyl (C=O) groups excluding carboxylic acids is 2. The standard InChI is InChI=1S/C22H25F3N2O2S/c1-14-10-11-17(15(2)13-14)27(21(29)22(23,24)25)19(18-9-6-12-30-18)20(28)26-16-7-4-3-5-8-16/h6,9-13,16,19H,3-5,7-8H2,1-2H3,(H,26,28)/t19-/m1/s1. The minimum Gasteiger partial charge on any atom is -0.351 e. The lowest BCUT2D eigenvalue weighted by Gasteiger charge is -2.33. The average Bonchev–Trinajstić information content (AvgIpc) is 3.20. The van der Waals surface area contributed by atoms with Gasteiger partial charge in [0, 0.05) is 16.6 Å². The maximum atomic E-state index is 13.6. The van der Waals surface area contributed by atoms with Crippen molar-refractivity contribution >= 4 is 28.8 Å². The summed E-state index contributed by atoms with van der Waals surface area (Å²) in [6.45, 7) is 3.46. The predicted octanol–water partition coefficient (Wildman–Crippen LogP) is 5.45. The Kier molecular flexibility index (Phi) is 6.85. The second kappa shape index (κ2) is 9.20. The first-order chi connectivity index (χ1) is 14.2. The van der Waals surface area contributed by atoms with Crippen molar-refractivity contribution in [3.8, 4) is 0 Å². The fourth-order valence-corrected chi connectivity index (χ4v) is 4.74. The maximum absolute atomic E-state index is 13.6. The SMILES string of the molecule is Cc1ccc(N(C(=O)C(F)(F)F)[C@@H](C(=O)NC2CCCCC2)c2cccs2)c(C)c1. The van der Waals surface area contributed by atoms with Crippen LogP contribution < -0.4 is 10.2 Å². The van der Waals surface area contributed by atoms with E-state index in [1.165, 1.54) is 6.07 Å². The van der Waals surface area contributed by atoms with Gasteiger partial charge >= 0.3 is 12.1 Å². The van der Waals surface area contributed by atoms with E-state index in [1.54, 1.807) is 36.6 Å². The van der Waals surface area contributed by atoms with Crippen molar-refractivity contribution in [3.05, 3.63) is 51.7 Å². The van der Waals surface area contributed by atoms with E-state index < -0.39 is 24.0 Å². The predicted molar refractivity (Wildman–Crippen MR) is 112 cm³/mol. The van der Waals surface area contributed by atoms with Crippen LogP contribution in [0.25, 0.3) is 0 Å². The molecule has 0 saturated heterocycles. The number of benzene rings is 1. The van der Waals surface area contributed by atoms with Crippen LogP contribution in [0.5, 0.6) is 0 Å². The first kappa shape index (κ1) is 22.3. The number of rotatable bonds is 5. The second-order valence-electron chi connectivity index (χ2n) is 7.72. The summed E-state index contributed by atoms with van der Waals surface area (Å²) in [7, 11) is 0. The summed E-state index contributed by atoms with van der Waals surface area (Å²) in [5.41, 5.74) is 1.44. The number of alkyl halides is 3. The van der Waals surface area contributed by atoms with Gasteiger partial charge in [0.05, 0.1) is 0 Å². The summed E-state index contributed by atoms with van der Waals surface area (Å²) < 4.78 is 40.8. The topological polar surface area (TPSA) is 49.4 Å². The van der Waals surface area contributed by atoms with Crippen LogP contribution in [0, 0.1) is 13.8 Å². The number of nitrogens with one attached hydrogen (secondary N) is 1. The van der Waals surface area contributed by atoms with Crippen LogP contribution >= 0.6 is 11.3 Å². The molecule has 0 spiro atoms. The third kappa shape index (κ3) is 5.03. The Morgan fingerprint density at radius 2 is 1.83 bits per heavy atom. The highest BCUT2D eigenvalue weighted by Gasteiger charge is 2.48. The average molecular weight is 439 g/mol. The smallest absolute Gasteiger partial charge is 0.351 e. The summed E-state index contributed by atoms with van der Waals surface area (Å²) in [6.07, 6.45) is -0.507. The molecule has 1 aliphatic rings. The summed E-state index contributed by atoms with van der Waals surface area (Å²) in [6, 6.07) is 6.61. The fraction of sp³-hybridized carbons (Fsp3) is 0.455. The van der Waals surface area contributed by atoms with Gasteiger partial charge < -0.3 is 5.32 Å². The van der Waals surface area contributed by atoms with Crippen LogP contribution in [0.1, 0.15) is 54.1 Å². The summed E-state index contributed by atoms with van der Waals surface area (Å²) >= 11 is 1.16. The first-order valence-corrected chi connectivity index (χ1v) is 10.9. The van der Waals surface area contributed by atoms with Gasteiger partial charge in [-0.2, -0.15) is 13.2 Å². The van der Waals surface area contributed by atoms with Crippen molar-refractivity contribution in [2.24, 2.45) is 0 Å². The molecule has 4 nitrogen and oxygen atoms in total. The van der Waals surface area contributed by atoms with Crippen LogP contribution in [0.2, 0.25) is 0 Å². The quantitative estimate of drug-likeness (QED) is 0.675. The van der Waals surface area contributed by atoms with Gasteiger partial charge in [-0.1, -0.05) is 43.0 Å². The molecule has 30 heavy (non-hydrogen) atoms. The van der Waals surface area contributed by atoms with Gasteiger partial charge in [0.2, 0.25) is 5.91 Å². The lowest BCUT2D eigenvalue weighted by atomic mass is 9.95. The molecule has 1 heterocycles. The molecule has 1 aliphatic carbocycles. The summed E-state index contributed by atoms with van der Waals surface area (Å²) in [5.74, 6) is -2.63. The molecule has 2 amide bonds. The van der Waals surface area contributed by atoms with Crippen molar-refractivity contribution in [3.63, 3.8) is 0 Å². The number of hydrogen-bond donors (Lipinski definition) is 1. The Bertz CT molecular complexity index is 890. The summed E-state index contributed by atoms with van der Waals surface area (Å²) in [5, 5.41) is 4.59. The van der Waals surface area contributed by atoms with E-state index in [1.807, 2.05) is 6.92 Å². The Morgan fingerprint density at radius 3 is 2.40 bits per heavy atom. The van der Waals surface area contributed by atoms with Gasteiger partial charge in [0.15, 0.2) is 6.04 Å². The van der Waals surface area contributed by atoms with E-state index in [0.29, 0.717) is 15.3 Å². The highest BCUT2D eigenvalue weighted by Crippen LogP contribution is 2.36. The largest absolute Gasteiger partial charge is 0.471 e. The van der Waals surface area contributed by atoms with Crippen LogP contribution in [0.15, 0.2) is 35.7 Å². The van der Waals surface area contributed by atoms with Gasteiger partial charge in [0.25, 0.3) is 0 Å². The van der Waals surface area contributed by atoms with Gasteiger partial charge in [-0.3, -0.25) is 14.5 Å². The fourth-order valence-electron chi connectivity index (χ4n) is 3.93. The minimum absolute atomic E-state index is 0.0834. The molecule has 1 aromatic carbocycles. The Labute approximate surface area is 178 Å². The Hall–Kier alpha value is -2.35. The van der Waals surface area contributed by atoms with E-state index in [4.69, 9.17) is 0 Å². The molecule has 162 valence electrons. The van der Waals surface area contributed by atoms with Crippen molar-refractivity contribution in [1.82, 2.24) is 5.32 Å². The van der Waals surface area contributed by atoms with Crippen LogP contribution in [0.4, 0.5) is 18.9 Å². The Morgan fingerprint density at radius 1 is 1.13 bits per heavy atom. The van der Waals surface area contributed by atoms with Crippen molar-refractivity contribution < 1.29 is 22.8 Å². The molecular weight excluding hydrogens is 413 g/mol. The molecule has 0 unspecified atom stereocenters. The zero-order valence-electron chi connectivity index (χ0n) is 17.0. The van der Waals surface area contributed by atoms with Crippen LogP contribution in [-0.2, 0) is 9.59 Å². The Balaban J connectivity index is 2.06. The molecule has 0 aliphatic heterocycles. The van der Waals surface area contributed by atoms with Crippen LogP contribution in [0.3, 0.4) is 0 Å². The zero-order valence-corrected chi connectivity index (χ0v) is 17.8. The highest BCUT2D eigenvalue weighted by molar-refractivity contribution is 7.10. The number of halogens is 3. The molecule has 1 saturated carbocycles. The van der Waals surface area contributed by atoms with E-state index >= 15 is 0 Å². The number of nitrogens with zero attached hydrogens (tertiary/aromatic N) is 1. The van der Waals surface area contributed by atoms with Crippen molar-refractivity contribution in [2.75, 3.05) is 4.90 Å². The molecule has 0 radical (unpaired) electrons. The molecule has 2 aromatic rings. The van der Waals surface area contributed by atoms with E-state index in [9.17, 15) is 22.8 Å². The molecule has 0 bridgehead atoms. The number of hydrogen-bond acceptors (Lipinski definition) is 3. The first-order valence-electron chi connectivity index (χ1n) is 10.00. The van der Waals surface area contributed by atoms with Gasteiger partial charge in [-0.05, 0) is 49.8 Å². The second-order valence-corrected chi connectivity index (χ2v) is 8.70. The third-order valence-electron chi connectivity index (χ3n) is 5.34. The third-order valence-corrected chi connectivity index (χ3v) is 6.27. The summed E-state index contributed by atoms with van der Waals surface area (Å²) in [4.78, 5) is 26.8. The molecular formula is C22H25F3N2O2S. The highest BCUT2D eigenvalue weighted by atomic mass is 32.1. The normalized spacial score (nSPS) is 16.2. The number of thiophene rings is 1. The minimum atomic E-state index is -5.11. The monoisotopic (exact) mass is 438 g/mol. The molecule has 3 rings (SSSR count). The van der Waals surface area contributed by atoms with Crippen molar-refractivity contribution in [1.29, 1.82) is 0 Å². The van der Waals surface area contributed by atoms with E-state index in [0.717, 1.165) is 49.0 Å². The van der Waals surface area contributed by atoms with Crippen molar-refractivity contribution in [2.45, 2.75) is 64.2 Å². The van der Waals surface area contributed by atoms with E-state index in [-0.39, 0.29) is 11.7 Å². The lowest BCUT2D eigenvalue weighted by Crippen LogP contribution is -2.50. The molecule has 1 N–H and O–H groups in total.